The molecule has 1 heterocycles. The predicted molar refractivity (Wildman–Crippen MR) is 52.7 cm³/mol. The lowest BCUT2D eigenvalue weighted by Gasteiger charge is -1.81. The Labute approximate surface area is 83.1 Å². The third kappa shape index (κ3) is 5.60. The summed E-state index contributed by atoms with van der Waals surface area (Å²) < 4.78 is 4.16. The van der Waals surface area contributed by atoms with Crippen LogP contribution in [0.15, 0.2) is 23.7 Å². The van der Waals surface area contributed by atoms with Crippen molar-refractivity contribution in [2.24, 2.45) is 23.5 Å². The minimum Gasteiger partial charge on any atom is -0.369 e. The van der Waals surface area contributed by atoms with Crippen molar-refractivity contribution in [2.45, 2.75) is 13.5 Å². The standard InChI is InChI=1S/C6H11N2.C2H4N4/c1-3-8-5-4-7(2)6-8;3-1-6-2(4)5/h4-6H,3H2,1-2H3;(H4,4,5,6)/q+1;. The molecule has 0 saturated carbocycles. The molecule has 0 saturated heterocycles. The molecule has 0 bridgehead atoms. The van der Waals surface area contributed by atoms with E-state index in [0.717, 1.165) is 6.54 Å². The lowest BCUT2D eigenvalue weighted by Crippen LogP contribution is -2.23. The Kier molecular flexibility index (Phi) is 5.54. The second-order valence-electron chi connectivity index (χ2n) is 2.55. The molecule has 1 aromatic heterocycles. The molecule has 6 heteroatoms. The topological polar surface area (TPSA) is 97.0 Å². The predicted octanol–water partition coefficient (Wildman–Crippen LogP) is -0.927. The Morgan fingerprint density at radius 3 is 2.43 bits per heavy atom. The van der Waals surface area contributed by atoms with E-state index in [9.17, 15) is 0 Å². The van der Waals surface area contributed by atoms with Crippen LogP contribution in [0.2, 0.25) is 0 Å². The van der Waals surface area contributed by atoms with E-state index in [2.05, 4.69) is 29.0 Å². The van der Waals surface area contributed by atoms with Gasteiger partial charge in [-0.3, -0.25) is 0 Å². The summed E-state index contributed by atoms with van der Waals surface area (Å²) in [5.41, 5.74) is 9.42. The largest absolute Gasteiger partial charge is 0.369 e. The monoisotopic (exact) mass is 195 g/mol. The number of aliphatic imine (C=N–C) groups is 1. The van der Waals surface area contributed by atoms with Crippen molar-refractivity contribution in [1.29, 1.82) is 5.26 Å². The lowest BCUT2D eigenvalue weighted by molar-refractivity contribution is -0.671. The van der Waals surface area contributed by atoms with Crippen molar-refractivity contribution < 1.29 is 4.57 Å². The molecule has 0 aliphatic rings. The highest BCUT2D eigenvalue weighted by Crippen LogP contribution is 1.79. The second kappa shape index (κ2) is 6.48. The van der Waals surface area contributed by atoms with Crippen molar-refractivity contribution in [3.63, 3.8) is 0 Å². The van der Waals surface area contributed by atoms with Gasteiger partial charge < -0.3 is 11.5 Å². The molecule has 0 fully saturated rings. The first-order valence-electron chi connectivity index (χ1n) is 4.08. The summed E-state index contributed by atoms with van der Waals surface area (Å²) in [6, 6.07) is 0. The molecule has 0 aliphatic heterocycles. The zero-order valence-electron chi connectivity index (χ0n) is 8.38. The van der Waals surface area contributed by atoms with Gasteiger partial charge >= 0.3 is 0 Å². The molecule has 76 valence electrons. The number of nitrogens with zero attached hydrogens (tertiary/aromatic N) is 4. The highest BCUT2D eigenvalue weighted by molar-refractivity contribution is 5.76. The van der Waals surface area contributed by atoms with Gasteiger partial charge in [0.25, 0.3) is 0 Å². The van der Waals surface area contributed by atoms with Crippen molar-refractivity contribution >= 4 is 5.96 Å². The number of hydrogen-bond donors (Lipinski definition) is 2. The van der Waals surface area contributed by atoms with E-state index in [-0.39, 0.29) is 5.96 Å². The van der Waals surface area contributed by atoms with Gasteiger partial charge in [0.2, 0.25) is 18.5 Å². The fourth-order valence-corrected chi connectivity index (χ4v) is 0.747. The van der Waals surface area contributed by atoms with Crippen LogP contribution < -0.4 is 16.0 Å². The normalized spacial score (nSPS) is 8.07. The van der Waals surface area contributed by atoms with Crippen LogP contribution in [0.3, 0.4) is 0 Å². The number of hydrogen-bond acceptors (Lipinski definition) is 2. The van der Waals surface area contributed by atoms with E-state index in [4.69, 9.17) is 16.7 Å². The summed E-state index contributed by atoms with van der Waals surface area (Å²) in [5, 5.41) is 7.64. The van der Waals surface area contributed by atoms with Crippen LogP contribution in [0.4, 0.5) is 0 Å². The van der Waals surface area contributed by atoms with Crippen LogP contribution in [0.5, 0.6) is 0 Å². The maximum atomic E-state index is 7.64. The lowest BCUT2D eigenvalue weighted by atomic mass is 10.7. The number of aromatic nitrogens is 2. The van der Waals surface area contributed by atoms with Crippen molar-refractivity contribution in [2.75, 3.05) is 0 Å². The zero-order valence-corrected chi connectivity index (χ0v) is 8.38. The number of guanidine groups is 1. The van der Waals surface area contributed by atoms with Gasteiger partial charge in [-0.05, 0) is 6.92 Å². The SMILES string of the molecule is CCn1cc[n+](C)c1.N#CN=C(N)N. The first-order valence-corrected chi connectivity index (χ1v) is 4.08. The Bertz CT molecular complexity index is 328. The smallest absolute Gasteiger partial charge is 0.243 e. The van der Waals surface area contributed by atoms with E-state index in [0.29, 0.717) is 0 Å². The van der Waals surface area contributed by atoms with Gasteiger partial charge in [-0.1, -0.05) is 0 Å². The second-order valence-corrected chi connectivity index (χ2v) is 2.55. The van der Waals surface area contributed by atoms with Crippen LogP contribution in [-0.2, 0) is 13.6 Å². The number of nitriles is 1. The van der Waals surface area contributed by atoms with Crippen LogP contribution in [0.25, 0.3) is 0 Å². The van der Waals surface area contributed by atoms with Gasteiger partial charge in [-0.2, -0.15) is 5.26 Å². The molecule has 0 spiro atoms. The number of rotatable bonds is 1. The van der Waals surface area contributed by atoms with Gasteiger partial charge in [0.1, 0.15) is 12.4 Å². The molecular weight excluding hydrogens is 180 g/mol. The van der Waals surface area contributed by atoms with Gasteiger partial charge in [-0.25, -0.2) is 9.13 Å². The molecule has 1 rings (SSSR count). The quantitative estimate of drug-likeness (QED) is 0.262. The molecular formula is C8H15N6+. The first kappa shape index (κ1) is 12.0. The average Bonchev–Trinajstić information content (AvgIpc) is 2.52. The zero-order chi connectivity index (χ0) is 11.0. The summed E-state index contributed by atoms with van der Waals surface area (Å²) in [4.78, 5) is 2.90. The molecule has 0 amide bonds. The first-order chi connectivity index (χ1) is 6.60. The minimum absolute atomic E-state index is 0.197. The van der Waals surface area contributed by atoms with Crippen LogP contribution >= 0.6 is 0 Å². The van der Waals surface area contributed by atoms with Gasteiger partial charge in [0.15, 0.2) is 0 Å². The Balaban J connectivity index is 0.000000255. The van der Waals surface area contributed by atoms with Gasteiger partial charge in [-0.15, -0.1) is 4.99 Å². The summed E-state index contributed by atoms with van der Waals surface area (Å²) in [6.45, 7) is 3.18. The molecule has 0 aromatic carbocycles. The molecule has 0 unspecified atom stereocenters. The van der Waals surface area contributed by atoms with E-state index < -0.39 is 0 Å². The fraction of sp³-hybridized carbons (Fsp3) is 0.375. The van der Waals surface area contributed by atoms with Crippen molar-refractivity contribution in [1.82, 2.24) is 4.57 Å². The van der Waals surface area contributed by atoms with Gasteiger partial charge in [0.05, 0.1) is 13.6 Å². The average molecular weight is 195 g/mol. The maximum absolute atomic E-state index is 7.64. The molecule has 0 radical (unpaired) electrons. The van der Waals surface area contributed by atoms with Gasteiger partial charge in [0, 0.05) is 0 Å². The Morgan fingerprint density at radius 1 is 1.64 bits per heavy atom. The Hall–Kier alpha value is -2.03. The molecule has 4 N–H and O–H groups in total. The summed E-state index contributed by atoms with van der Waals surface area (Å²) in [6.07, 6.45) is 7.55. The number of aryl methyl sites for hydroxylation is 2. The fourth-order valence-electron chi connectivity index (χ4n) is 0.747. The van der Waals surface area contributed by atoms with E-state index in [1.54, 1.807) is 0 Å². The van der Waals surface area contributed by atoms with Crippen LogP contribution in [0, 0.1) is 11.5 Å². The van der Waals surface area contributed by atoms with Crippen LogP contribution in [-0.4, -0.2) is 10.5 Å². The molecule has 6 nitrogen and oxygen atoms in total. The van der Waals surface area contributed by atoms with E-state index in [1.165, 1.54) is 6.19 Å². The summed E-state index contributed by atoms with van der Waals surface area (Å²) in [7, 11) is 2.02. The third-order valence-corrected chi connectivity index (χ3v) is 1.37. The summed E-state index contributed by atoms with van der Waals surface area (Å²) >= 11 is 0. The van der Waals surface area contributed by atoms with Crippen molar-refractivity contribution in [3.8, 4) is 6.19 Å². The van der Waals surface area contributed by atoms with Crippen LogP contribution in [0.1, 0.15) is 6.92 Å². The minimum atomic E-state index is -0.197. The number of imidazole rings is 1. The highest BCUT2D eigenvalue weighted by atomic mass is 15.1. The number of nitrogens with two attached hydrogens (primary N) is 2. The molecule has 0 atom stereocenters. The Morgan fingerprint density at radius 2 is 2.29 bits per heavy atom. The van der Waals surface area contributed by atoms with E-state index in [1.807, 2.05) is 17.8 Å². The molecule has 1 aromatic rings. The third-order valence-electron chi connectivity index (χ3n) is 1.37. The maximum Gasteiger partial charge on any atom is 0.243 e. The molecule has 14 heavy (non-hydrogen) atoms. The highest BCUT2D eigenvalue weighted by Gasteiger charge is 1.92. The van der Waals surface area contributed by atoms with E-state index >= 15 is 0 Å². The molecule has 0 aliphatic carbocycles. The summed E-state index contributed by atoms with van der Waals surface area (Å²) in [5.74, 6) is -0.197. The van der Waals surface area contributed by atoms with Crippen molar-refractivity contribution in [3.05, 3.63) is 18.7 Å².